The topological polar surface area (TPSA) is 70.1 Å². The third-order valence-electron chi connectivity index (χ3n) is 3.87. The lowest BCUT2D eigenvalue weighted by molar-refractivity contribution is 0.0472. The fourth-order valence-electron chi connectivity index (χ4n) is 2.63. The number of rotatable bonds is 4. The van der Waals surface area contributed by atoms with Gasteiger partial charge in [-0.05, 0) is 31.9 Å². The number of ether oxygens (including phenoxy) is 1. The molecule has 0 spiro atoms. The molecule has 0 amide bonds. The van der Waals surface area contributed by atoms with E-state index in [9.17, 15) is 4.79 Å². The van der Waals surface area contributed by atoms with Crippen LogP contribution >= 0.6 is 11.3 Å². The van der Waals surface area contributed by atoms with Gasteiger partial charge in [-0.2, -0.15) is 5.10 Å². The van der Waals surface area contributed by atoms with E-state index in [-0.39, 0.29) is 12.6 Å². The van der Waals surface area contributed by atoms with E-state index in [2.05, 4.69) is 5.10 Å². The Morgan fingerprint density at radius 3 is 2.95 bits per heavy atom. The first-order valence-corrected chi connectivity index (χ1v) is 8.02. The number of hydrogen-bond donors (Lipinski definition) is 1. The lowest BCUT2D eigenvalue weighted by Crippen LogP contribution is -2.07. The molecule has 21 heavy (non-hydrogen) atoms. The molecule has 2 aromatic rings. The highest BCUT2D eigenvalue weighted by molar-refractivity contribution is 7.14. The summed E-state index contributed by atoms with van der Waals surface area (Å²) in [5, 5.41) is 4.50. The standard InChI is InChI=1S/C15H19N3O2S/c1-10-13(16)8-14(21-10)15(19)20-9-11-6-7-18(17-11)12-4-2-3-5-12/h6-8,12H,2-5,9,16H2,1H3. The molecule has 1 aliphatic carbocycles. The summed E-state index contributed by atoms with van der Waals surface area (Å²) in [6, 6.07) is 4.09. The maximum absolute atomic E-state index is 11.9. The number of aromatic nitrogens is 2. The lowest BCUT2D eigenvalue weighted by atomic mass is 10.3. The maximum Gasteiger partial charge on any atom is 0.348 e. The molecule has 0 saturated heterocycles. The SMILES string of the molecule is Cc1sc(C(=O)OCc2ccn(C3CCCC3)n2)cc1N. The molecule has 2 heterocycles. The van der Waals surface area contributed by atoms with Crippen molar-refractivity contribution in [2.24, 2.45) is 0 Å². The average Bonchev–Trinajstić information content (AvgIpc) is 3.17. The Bertz CT molecular complexity index is 622. The van der Waals surface area contributed by atoms with Crippen molar-refractivity contribution < 1.29 is 9.53 Å². The number of thiophene rings is 1. The molecule has 5 nitrogen and oxygen atoms in total. The molecule has 6 heteroatoms. The molecule has 0 unspecified atom stereocenters. The van der Waals surface area contributed by atoms with Gasteiger partial charge in [0.25, 0.3) is 0 Å². The molecule has 112 valence electrons. The number of anilines is 1. The number of aryl methyl sites for hydroxylation is 1. The maximum atomic E-state index is 11.9. The Kier molecular flexibility index (Phi) is 3.96. The molecule has 0 atom stereocenters. The quantitative estimate of drug-likeness (QED) is 0.880. The predicted octanol–water partition coefficient (Wildman–Crippen LogP) is 3.31. The van der Waals surface area contributed by atoms with Crippen molar-refractivity contribution in [1.29, 1.82) is 0 Å². The van der Waals surface area contributed by atoms with E-state index in [0.717, 1.165) is 10.6 Å². The number of carbonyl (C=O) groups is 1. The fourth-order valence-corrected chi connectivity index (χ4v) is 3.47. The Morgan fingerprint density at radius 2 is 2.29 bits per heavy atom. The molecule has 1 saturated carbocycles. The zero-order valence-electron chi connectivity index (χ0n) is 12.0. The molecule has 1 aliphatic rings. The molecule has 1 fully saturated rings. The highest BCUT2D eigenvalue weighted by atomic mass is 32.1. The summed E-state index contributed by atoms with van der Waals surface area (Å²) in [5.41, 5.74) is 7.17. The fraction of sp³-hybridized carbons (Fsp3) is 0.467. The van der Waals surface area contributed by atoms with Crippen molar-refractivity contribution in [1.82, 2.24) is 9.78 Å². The Labute approximate surface area is 127 Å². The van der Waals surface area contributed by atoms with Crippen molar-refractivity contribution in [3.63, 3.8) is 0 Å². The summed E-state index contributed by atoms with van der Waals surface area (Å²) >= 11 is 1.36. The van der Waals surface area contributed by atoms with Gasteiger partial charge in [0.15, 0.2) is 0 Å². The smallest absolute Gasteiger partial charge is 0.348 e. The van der Waals surface area contributed by atoms with Crippen LogP contribution in [0.25, 0.3) is 0 Å². The molecule has 0 aromatic carbocycles. The summed E-state index contributed by atoms with van der Waals surface area (Å²) in [5.74, 6) is -0.338. The van der Waals surface area contributed by atoms with Gasteiger partial charge in [0.2, 0.25) is 0 Å². The average molecular weight is 305 g/mol. The first kappa shape index (κ1) is 14.1. The van der Waals surface area contributed by atoms with Crippen LogP contribution in [0.15, 0.2) is 18.3 Å². The normalized spacial score (nSPS) is 15.5. The molecule has 0 bridgehead atoms. The first-order chi connectivity index (χ1) is 10.1. The van der Waals surface area contributed by atoms with E-state index in [1.807, 2.05) is 23.9 Å². The van der Waals surface area contributed by atoms with Crippen LogP contribution in [-0.2, 0) is 11.3 Å². The lowest BCUT2D eigenvalue weighted by Gasteiger charge is -2.08. The van der Waals surface area contributed by atoms with Gasteiger partial charge < -0.3 is 10.5 Å². The van der Waals surface area contributed by atoms with E-state index in [4.69, 9.17) is 10.5 Å². The molecular weight excluding hydrogens is 286 g/mol. The third kappa shape index (κ3) is 3.10. The van der Waals surface area contributed by atoms with Crippen LogP contribution in [0.4, 0.5) is 5.69 Å². The van der Waals surface area contributed by atoms with Crippen LogP contribution in [0.5, 0.6) is 0 Å². The molecule has 2 N–H and O–H groups in total. The van der Waals surface area contributed by atoms with Crippen molar-refractivity contribution >= 4 is 23.0 Å². The van der Waals surface area contributed by atoms with E-state index in [1.54, 1.807) is 6.07 Å². The van der Waals surface area contributed by atoms with Crippen molar-refractivity contribution in [3.05, 3.63) is 33.8 Å². The zero-order valence-corrected chi connectivity index (χ0v) is 12.9. The van der Waals surface area contributed by atoms with Gasteiger partial charge in [-0.15, -0.1) is 11.3 Å². The van der Waals surface area contributed by atoms with Crippen LogP contribution < -0.4 is 5.73 Å². The molecule has 0 radical (unpaired) electrons. The van der Waals surface area contributed by atoms with E-state index >= 15 is 0 Å². The summed E-state index contributed by atoms with van der Waals surface area (Å²) < 4.78 is 7.30. The van der Waals surface area contributed by atoms with E-state index in [0.29, 0.717) is 16.6 Å². The zero-order chi connectivity index (χ0) is 14.8. The van der Waals surface area contributed by atoms with Gasteiger partial charge in [0.1, 0.15) is 11.5 Å². The third-order valence-corrected chi connectivity index (χ3v) is 4.92. The summed E-state index contributed by atoms with van der Waals surface area (Å²) in [7, 11) is 0. The monoisotopic (exact) mass is 305 g/mol. The Balaban J connectivity index is 1.58. The number of nitrogens with zero attached hydrogens (tertiary/aromatic N) is 2. The van der Waals surface area contributed by atoms with Crippen LogP contribution in [0.3, 0.4) is 0 Å². The Hall–Kier alpha value is -1.82. The first-order valence-electron chi connectivity index (χ1n) is 7.20. The minimum atomic E-state index is -0.338. The highest BCUT2D eigenvalue weighted by Crippen LogP contribution is 2.29. The number of nitrogen functional groups attached to an aromatic ring is 1. The summed E-state index contributed by atoms with van der Waals surface area (Å²) in [4.78, 5) is 13.4. The highest BCUT2D eigenvalue weighted by Gasteiger charge is 2.18. The van der Waals surface area contributed by atoms with E-state index < -0.39 is 0 Å². The minimum Gasteiger partial charge on any atom is -0.455 e. The van der Waals surface area contributed by atoms with Gasteiger partial charge in [-0.3, -0.25) is 4.68 Å². The van der Waals surface area contributed by atoms with Gasteiger partial charge in [-0.1, -0.05) is 12.8 Å². The van der Waals surface area contributed by atoms with Gasteiger partial charge in [0, 0.05) is 16.8 Å². The summed E-state index contributed by atoms with van der Waals surface area (Å²) in [6.45, 7) is 2.09. The van der Waals surface area contributed by atoms with Crippen LogP contribution in [-0.4, -0.2) is 15.7 Å². The van der Waals surface area contributed by atoms with E-state index in [1.165, 1.54) is 37.0 Å². The molecule has 3 rings (SSSR count). The molecule has 0 aliphatic heterocycles. The number of carbonyl (C=O) groups excluding carboxylic acids is 1. The molecular formula is C15H19N3O2S. The van der Waals surface area contributed by atoms with Gasteiger partial charge in [-0.25, -0.2) is 4.79 Å². The van der Waals surface area contributed by atoms with Gasteiger partial charge >= 0.3 is 5.97 Å². The number of nitrogens with two attached hydrogens (primary N) is 1. The van der Waals surface area contributed by atoms with Crippen molar-refractivity contribution in [2.75, 3.05) is 5.73 Å². The van der Waals surface area contributed by atoms with Crippen LogP contribution in [0.2, 0.25) is 0 Å². The van der Waals surface area contributed by atoms with Crippen LogP contribution in [0, 0.1) is 6.92 Å². The number of hydrogen-bond acceptors (Lipinski definition) is 5. The Morgan fingerprint density at radius 1 is 1.52 bits per heavy atom. The second-order valence-corrected chi connectivity index (χ2v) is 6.68. The van der Waals surface area contributed by atoms with Crippen LogP contribution in [0.1, 0.15) is 52.0 Å². The van der Waals surface area contributed by atoms with Crippen molar-refractivity contribution in [3.8, 4) is 0 Å². The minimum absolute atomic E-state index is 0.204. The number of esters is 1. The molecule has 2 aromatic heterocycles. The largest absolute Gasteiger partial charge is 0.455 e. The second-order valence-electron chi connectivity index (χ2n) is 5.42. The second kappa shape index (κ2) is 5.89. The van der Waals surface area contributed by atoms with Crippen molar-refractivity contribution in [2.45, 2.75) is 45.3 Å². The predicted molar refractivity (Wildman–Crippen MR) is 82.3 cm³/mol. The van der Waals surface area contributed by atoms with Gasteiger partial charge in [0.05, 0.1) is 11.7 Å². The summed E-state index contributed by atoms with van der Waals surface area (Å²) in [6.07, 6.45) is 6.90.